The van der Waals surface area contributed by atoms with Gasteiger partial charge in [-0.15, -0.1) is 0 Å². The van der Waals surface area contributed by atoms with E-state index in [9.17, 15) is 4.79 Å². The normalized spacial score (nSPS) is 21.9. The minimum Gasteiger partial charge on any atom is -0.497 e. The summed E-state index contributed by atoms with van der Waals surface area (Å²) in [5.74, 6) is 2.38. The molecule has 2 aliphatic rings. The Morgan fingerprint density at radius 3 is 2.80 bits per heavy atom. The van der Waals surface area contributed by atoms with E-state index in [0.29, 0.717) is 18.7 Å². The van der Waals surface area contributed by atoms with Crippen molar-refractivity contribution in [2.45, 2.75) is 45.2 Å². The third-order valence-corrected chi connectivity index (χ3v) is 5.54. The number of pyridine rings is 1. The van der Waals surface area contributed by atoms with E-state index < -0.39 is 5.54 Å². The van der Waals surface area contributed by atoms with E-state index in [1.54, 1.807) is 13.3 Å². The fourth-order valence-corrected chi connectivity index (χ4v) is 4.08. The molecule has 4 rings (SSSR count). The number of carbonyl (C=O) groups is 1. The molecule has 158 valence electrons. The lowest BCUT2D eigenvalue weighted by Crippen LogP contribution is -2.55. The zero-order chi connectivity index (χ0) is 21.5. The number of benzene rings is 1. The second-order valence-electron chi connectivity index (χ2n) is 9.02. The summed E-state index contributed by atoms with van der Waals surface area (Å²) in [5.41, 5.74) is 1.83. The Morgan fingerprint density at radius 1 is 1.30 bits per heavy atom. The van der Waals surface area contributed by atoms with Gasteiger partial charge in [-0.05, 0) is 70.0 Å². The molecule has 1 saturated heterocycles. The Balaban J connectivity index is 1.66. The number of aryl methyl sites for hydroxylation is 1. The molecule has 0 bridgehead atoms. The van der Waals surface area contributed by atoms with Gasteiger partial charge in [0.2, 0.25) is 0 Å². The Hall–Kier alpha value is -3.09. The van der Waals surface area contributed by atoms with E-state index in [-0.39, 0.29) is 11.4 Å². The molecule has 0 radical (unpaired) electrons. The zero-order valence-electron chi connectivity index (χ0n) is 18.2. The minimum atomic E-state index is -0.459. The van der Waals surface area contributed by atoms with Crippen LogP contribution in [0.2, 0.25) is 0 Å². The second kappa shape index (κ2) is 7.31. The van der Waals surface area contributed by atoms with Gasteiger partial charge in [0.1, 0.15) is 17.1 Å². The van der Waals surface area contributed by atoms with Crippen LogP contribution in [0.3, 0.4) is 0 Å². The highest BCUT2D eigenvalue weighted by molar-refractivity contribution is 6.10. The SMILES string of the molecule is COc1ccc(C(=O)N2CCC3(C2)Nc2cccnc2NC3=NC(C)(C)C)c(C)c1. The summed E-state index contributed by atoms with van der Waals surface area (Å²) >= 11 is 0. The number of nitrogens with one attached hydrogen (secondary N) is 2. The predicted molar refractivity (Wildman–Crippen MR) is 120 cm³/mol. The van der Waals surface area contributed by atoms with Crippen LogP contribution in [-0.2, 0) is 0 Å². The summed E-state index contributed by atoms with van der Waals surface area (Å²) in [7, 11) is 1.63. The molecule has 1 amide bonds. The maximum atomic E-state index is 13.3. The van der Waals surface area contributed by atoms with E-state index in [1.165, 1.54) is 0 Å². The molecule has 1 aromatic heterocycles. The molecule has 1 atom stereocenters. The van der Waals surface area contributed by atoms with Crippen LogP contribution < -0.4 is 15.4 Å². The van der Waals surface area contributed by atoms with Crippen LogP contribution >= 0.6 is 0 Å². The predicted octanol–water partition coefficient (Wildman–Crippen LogP) is 3.72. The molecule has 1 unspecified atom stereocenters. The average Bonchev–Trinajstić information content (AvgIpc) is 3.11. The Kier molecular flexibility index (Phi) is 4.92. The molecule has 3 heterocycles. The summed E-state index contributed by atoms with van der Waals surface area (Å²) < 4.78 is 5.27. The number of amides is 1. The lowest BCUT2D eigenvalue weighted by atomic mass is 9.93. The number of likely N-dealkylation sites (tertiary alicyclic amines) is 1. The van der Waals surface area contributed by atoms with Crippen molar-refractivity contribution < 1.29 is 9.53 Å². The van der Waals surface area contributed by atoms with Gasteiger partial charge in [-0.3, -0.25) is 9.79 Å². The van der Waals surface area contributed by atoms with Crippen molar-refractivity contribution in [2.24, 2.45) is 4.99 Å². The average molecular weight is 408 g/mol. The second-order valence-corrected chi connectivity index (χ2v) is 9.02. The molecule has 2 N–H and O–H groups in total. The number of fused-ring (bicyclic) bond motifs is 1. The maximum Gasteiger partial charge on any atom is 0.254 e. The molecule has 2 aromatic rings. The molecule has 7 heteroatoms. The number of anilines is 2. The van der Waals surface area contributed by atoms with Crippen molar-refractivity contribution in [2.75, 3.05) is 30.8 Å². The number of rotatable bonds is 2. The Bertz CT molecular complexity index is 1010. The quantitative estimate of drug-likeness (QED) is 0.793. The first kappa shape index (κ1) is 20.2. The largest absolute Gasteiger partial charge is 0.497 e. The zero-order valence-corrected chi connectivity index (χ0v) is 18.2. The molecule has 2 aliphatic heterocycles. The molecule has 1 spiro atoms. The van der Waals surface area contributed by atoms with Crippen LogP contribution in [0.1, 0.15) is 43.1 Å². The van der Waals surface area contributed by atoms with Gasteiger partial charge in [0.15, 0.2) is 5.82 Å². The summed E-state index contributed by atoms with van der Waals surface area (Å²) in [5, 5.41) is 7.08. The van der Waals surface area contributed by atoms with E-state index in [1.807, 2.05) is 42.2 Å². The number of hydrogen-bond donors (Lipinski definition) is 2. The third kappa shape index (κ3) is 3.72. The number of nitrogens with zero attached hydrogens (tertiary/aromatic N) is 3. The maximum absolute atomic E-state index is 13.3. The standard InChI is InChI=1S/C23H29N5O2/c1-15-13-16(30-5)8-9-17(15)20(29)28-12-10-23(14-28)21(27-22(2,3)4)25-19-18(26-23)7-6-11-24-19/h6-9,11,13,26H,10,12,14H2,1-5H3,(H,24,25,27). The Labute approximate surface area is 177 Å². The summed E-state index contributed by atoms with van der Waals surface area (Å²) in [6, 6.07) is 9.49. The lowest BCUT2D eigenvalue weighted by Gasteiger charge is -2.39. The fraction of sp³-hybridized carbons (Fsp3) is 0.435. The molecule has 30 heavy (non-hydrogen) atoms. The smallest absolute Gasteiger partial charge is 0.254 e. The number of aliphatic imine (C=N–C) groups is 1. The third-order valence-electron chi connectivity index (χ3n) is 5.54. The van der Waals surface area contributed by atoms with Gasteiger partial charge >= 0.3 is 0 Å². The van der Waals surface area contributed by atoms with Gasteiger partial charge in [0, 0.05) is 18.3 Å². The number of amidine groups is 1. The fourth-order valence-electron chi connectivity index (χ4n) is 4.08. The molecule has 1 fully saturated rings. The van der Waals surface area contributed by atoms with Crippen LogP contribution in [0.5, 0.6) is 5.75 Å². The van der Waals surface area contributed by atoms with Gasteiger partial charge in [0.25, 0.3) is 5.91 Å². The molecule has 0 saturated carbocycles. The van der Waals surface area contributed by atoms with Crippen LogP contribution in [-0.4, -0.2) is 52.9 Å². The van der Waals surface area contributed by atoms with E-state index in [4.69, 9.17) is 9.73 Å². The van der Waals surface area contributed by atoms with Crippen molar-refractivity contribution in [1.29, 1.82) is 0 Å². The van der Waals surface area contributed by atoms with Gasteiger partial charge < -0.3 is 20.3 Å². The number of aromatic nitrogens is 1. The lowest BCUT2D eigenvalue weighted by molar-refractivity contribution is 0.0788. The number of hydrogen-bond acceptors (Lipinski definition) is 5. The van der Waals surface area contributed by atoms with Crippen molar-refractivity contribution in [1.82, 2.24) is 9.88 Å². The van der Waals surface area contributed by atoms with Crippen molar-refractivity contribution >= 4 is 23.2 Å². The highest BCUT2D eigenvalue weighted by atomic mass is 16.5. The van der Waals surface area contributed by atoms with Crippen LogP contribution in [0, 0.1) is 6.92 Å². The number of carbonyl (C=O) groups excluding carboxylic acids is 1. The van der Waals surface area contributed by atoms with Crippen LogP contribution in [0.15, 0.2) is 41.5 Å². The molecule has 1 aromatic carbocycles. The molecule has 0 aliphatic carbocycles. The van der Waals surface area contributed by atoms with Crippen molar-refractivity contribution in [3.63, 3.8) is 0 Å². The minimum absolute atomic E-state index is 0.0286. The van der Waals surface area contributed by atoms with Gasteiger partial charge in [0.05, 0.1) is 24.9 Å². The number of ether oxygens (including phenoxy) is 1. The Morgan fingerprint density at radius 2 is 2.10 bits per heavy atom. The summed E-state index contributed by atoms with van der Waals surface area (Å²) in [4.78, 5) is 24.6. The molecule has 7 nitrogen and oxygen atoms in total. The first-order valence-electron chi connectivity index (χ1n) is 10.3. The monoisotopic (exact) mass is 407 g/mol. The number of methoxy groups -OCH3 is 1. The van der Waals surface area contributed by atoms with Crippen LogP contribution in [0.4, 0.5) is 11.5 Å². The topological polar surface area (TPSA) is 78.8 Å². The highest BCUT2D eigenvalue weighted by Gasteiger charge is 2.47. The van der Waals surface area contributed by atoms with Gasteiger partial charge in [-0.1, -0.05) is 0 Å². The summed E-state index contributed by atoms with van der Waals surface area (Å²) in [6.07, 6.45) is 2.53. The first-order valence-corrected chi connectivity index (χ1v) is 10.3. The van der Waals surface area contributed by atoms with Crippen molar-refractivity contribution in [3.8, 4) is 5.75 Å². The first-order chi connectivity index (χ1) is 14.2. The molecular weight excluding hydrogens is 378 g/mol. The van der Waals surface area contributed by atoms with E-state index in [0.717, 1.165) is 35.1 Å². The van der Waals surface area contributed by atoms with Crippen molar-refractivity contribution in [3.05, 3.63) is 47.7 Å². The van der Waals surface area contributed by atoms with Gasteiger partial charge in [-0.25, -0.2) is 4.98 Å². The highest BCUT2D eigenvalue weighted by Crippen LogP contribution is 2.36. The van der Waals surface area contributed by atoms with E-state index >= 15 is 0 Å². The van der Waals surface area contributed by atoms with Crippen LogP contribution in [0.25, 0.3) is 0 Å². The molecular formula is C23H29N5O2. The van der Waals surface area contributed by atoms with E-state index in [2.05, 4.69) is 36.4 Å². The van der Waals surface area contributed by atoms with Gasteiger partial charge in [-0.2, -0.15) is 0 Å². The summed E-state index contributed by atoms with van der Waals surface area (Å²) in [6.45, 7) is 9.34.